The molecule has 0 saturated carbocycles. The van der Waals surface area contributed by atoms with Crippen molar-refractivity contribution in [2.75, 3.05) is 64.2 Å². The van der Waals surface area contributed by atoms with Gasteiger partial charge in [-0.2, -0.15) is 5.10 Å². The van der Waals surface area contributed by atoms with Gasteiger partial charge < -0.3 is 30.5 Å². The van der Waals surface area contributed by atoms with Gasteiger partial charge in [0, 0.05) is 76.9 Å². The number of carbonyl (C=O) groups excluding carboxylic acids is 6. The number of rotatable bonds is 8. The highest BCUT2D eigenvalue weighted by Gasteiger charge is 2.45. The van der Waals surface area contributed by atoms with E-state index in [0.29, 0.717) is 48.3 Å². The van der Waals surface area contributed by atoms with E-state index in [2.05, 4.69) is 25.5 Å². The van der Waals surface area contributed by atoms with Gasteiger partial charge in [-0.25, -0.2) is 9.48 Å². The van der Waals surface area contributed by atoms with Gasteiger partial charge >= 0.3 is 6.03 Å². The first-order valence-corrected chi connectivity index (χ1v) is 22.9. The van der Waals surface area contributed by atoms with Crippen molar-refractivity contribution in [2.24, 2.45) is 5.73 Å². The number of amides is 7. The summed E-state index contributed by atoms with van der Waals surface area (Å²) < 4.78 is 7.61. The van der Waals surface area contributed by atoms with E-state index >= 15 is 0 Å². The van der Waals surface area contributed by atoms with Crippen LogP contribution in [0, 0.1) is 0 Å². The van der Waals surface area contributed by atoms with E-state index in [0.717, 1.165) is 86.1 Å². The van der Waals surface area contributed by atoms with E-state index in [4.69, 9.17) is 10.5 Å². The van der Waals surface area contributed by atoms with Gasteiger partial charge in [0.05, 0.1) is 11.1 Å². The largest absolute Gasteiger partial charge is 0.457 e. The third kappa shape index (κ3) is 9.47. The Morgan fingerprint density at radius 1 is 0.723 bits per heavy atom. The Hall–Kier alpha value is -6.59. The van der Waals surface area contributed by atoms with Gasteiger partial charge in [0.2, 0.25) is 11.8 Å². The van der Waals surface area contributed by atoms with Gasteiger partial charge in [-0.1, -0.05) is 30.7 Å². The van der Waals surface area contributed by atoms with Crippen LogP contribution in [0.15, 0.2) is 72.8 Å². The van der Waals surface area contributed by atoms with Crippen molar-refractivity contribution >= 4 is 41.4 Å². The Kier molecular flexibility index (Phi) is 12.9. The third-order valence-electron chi connectivity index (χ3n) is 13.3. The van der Waals surface area contributed by atoms with Gasteiger partial charge in [0.25, 0.3) is 17.7 Å². The number of nitrogens with one attached hydrogen (secondary N) is 2. The average Bonchev–Trinajstić information content (AvgIpc) is 3.84. The summed E-state index contributed by atoms with van der Waals surface area (Å²) in [5.74, 6) is -0.255. The summed E-state index contributed by atoms with van der Waals surface area (Å²) in [5.41, 5.74) is 8.96. The number of nitrogens with two attached hydrogens (primary N) is 1. The summed E-state index contributed by atoms with van der Waals surface area (Å²) in [6, 6.07) is 22.1. The molecule has 6 aliphatic rings. The molecule has 1 unspecified atom stereocenters. The lowest BCUT2D eigenvalue weighted by Crippen LogP contribution is -2.55. The zero-order chi connectivity index (χ0) is 45.0. The molecule has 4 fully saturated rings. The summed E-state index contributed by atoms with van der Waals surface area (Å²) in [7, 11) is 0. The number of piperidine rings is 3. The molecule has 17 nitrogen and oxygen atoms in total. The lowest BCUT2D eigenvalue weighted by atomic mass is 10.00. The van der Waals surface area contributed by atoms with Gasteiger partial charge in [0.1, 0.15) is 34.6 Å². The molecule has 0 aliphatic carbocycles. The molecule has 7 amide bonds. The molecule has 0 radical (unpaired) electrons. The highest BCUT2D eigenvalue weighted by molar-refractivity contribution is 6.23. The summed E-state index contributed by atoms with van der Waals surface area (Å²) >= 11 is 0. The number of piperazine rings is 1. The maximum absolute atomic E-state index is 13.2. The number of fused-ring (bicyclic) bond motifs is 2. The quantitative estimate of drug-likeness (QED) is 0.211. The van der Waals surface area contributed by atoms with Gasteiger partial charge in [-0.3, -0.25) is 39.1 Å². The lowest BCUT2D eigenvalue weighted by Gasteiger charge is -2.42. The van der Waals surface area contributed by atoms with Crippen LogP contribution in [0.4, 0.5) is 10.6 Å². The molecular formula is C48H56N10O7. The minimum atomic E-state index is -0.963. The second-order valence-electron chi connectivity index (χ2n) is 17.6. The number of ether oxygens (including phenoxy) is 1. The van der Waals surface area contributed by atoms with Crippen molar-refractivity contribution in [3.05, 3.63) is 95.1 Å². The van der Waals surface area contributed by atoms with Crippen LogP contribution < -0.4 is 21.1 Å². The van der Waals surface area contributed by atoms with Crippen LogP contribution in [0.3, 0.4) is 0 Å². The minimum absolute atomic E-state index is 0.0976. The van der Waals surface area contributed by atoms with Crippen molar-refractivity contribution in [3.63, 3.8) is 0 Å². The fraction of sp³-hybridized carbons (Fsp3) is 0.438. The molecule has 7 heterocycles. The molecule has 4 N–H and O–H groups in total. The first kappa shape index (κ1) is 43.7. The van der Waals surface area contributed by atoms with E-state index < -0.39 is 29.7 Å². The summed E-state index contributed by atoms with van der Waals surface area (Å²) in [6.45, 7) is 9.07. The molecule has 4 aromatic rings. The van der Waals surface area contributed by atoms with Gasteiger partial charge in [-0.05, 0) is 106 Å². The van der Waals surface area contributed by atoms with Crippen LogP contribution in [0.5, 0.6) is 11.5 Å². The number of likely N-dealkylation sites (tertiary alicyclic amines) is 2. The number of anilines is 1. The molecule has 10 rings (SSSR count). The predicted octanol–water partition coefficient (Wildman–Crippen LogP) is 4.53. The number of hydrogen-bond acceptors (Lipinski definition) is 11. The van der Waals surface area contributed by atoms with Crippen molar-refractivity contribution in [1.29, 1.82) is 0 Å². The second-order valence-corrected chi connectivity index (χ2v) is 17.6. The first-order valence-electron chi connectivity index (χ1n) is 22.9. The molecule has 1 aromatic heterocycles. The molecule has 4 saturated heterocycles. The Bertz CT molecular complexity index is 2440. The van der Waals surface area contributed by atoms with Crippen molar-refractivity contribution in [3.8, 4) is 22.8 Å². The van der Waals surface area contributed by atoms with Crippen LogP contribution in [-0.2, 0) is 22.7 Å². The summed E-state index contributed by atoms with van der Waals surface area (Å²) in [4.78, 5) is 84.9. The number of hydrogen-bond donors (Lipinski definition) is 3. The maximum atomic E-state index is 13.2. The van der Waals surface area contributed by atoms with E-state index in [1.165, 1.54) is 32.4 Å². The number of imide groups is 2. The number of primary amides is 1. The number of carbonyl (C=O) groups is 6. The van der Waals surface area contributed by atoms with E-state index in [1.807, 2.05) is 75.1 Å². The highest BCUT2D eigenvalue weighted by Crippen LogP contribution is 2.33. The van der Waals surface area contributed by atoms with Gasteiger partial charge in [0.15, 0.2) is 0 Å². The van der Waals surface area contributed by atoms with Crippen LogP contribution in [0.2, 0.25) is 0 Å². The molecule has 0 bridgehead atoms. The third-order valence-corrected chi connectivity index (χ3v) is 13.3. The highest BCUT2D eigenvalue weighted by atomic mass is 16.5. The van der Waals surface area contributed by atoms with Crippen molar-refractivity contribution in [2.45, 2.75) is 76.5 Å². The van der Waals surface area contributed by atoms with E-state index in [-0.39, 0.29) is 30.3 Å². The minimum Gasteiger partial charge on any atom is -0.457 e. The molecule has 6 aliphatic heterocycles. The summed E-state index contributed by atoms with van der Waals surface area (Å²) in [5, 5.41) is 10.0. The van der Waals surface area contributed by atoms with Crippen LogP contribution in [-0.4, -0.2) is 141 Å². The molecule has 1 atom stereocenters. The van der Waals surface area contributed by atoms with Gasteiger partial charge in [-0.15, -0.1) is 0 Å². The topological polar surface area (TPSA) is 196 Å². The molecule has 17 heteroatoms. The Balaban J connectivity index is 0.000000182. The molecule has 340 valence electrons. The SMILES string of the molecule is NC(=O)c1c(-c2ccc(Oc3ccccc3)cc2)nn2c1NCCC2.O=C1CCC(N2C(=O)c3ccc(CN4CCN(C(=O)N5CCC(N6CCCCC6)CC5)CC4)cc3C2=O)C(=O)N1. The monoisotopic (exact) mass is 884 g/mol. The van der Waals surface area contributed by atoms with E-state index in [9.17, 15) is 28.8 Å². The smallest absolute Gasteiger partial charge is 0.320 e. The second kappa shape index (κ2) is 19.3. The Morgan fingerprint density at radius 3 is 2.12 bits per heavy atom. The standard InChI is InChI=1S/C29H38N6O5.C19H18N4O2/c36-25-7-6-24(26(37)30-25)35-27(38)22-5-4-20(18-23(22)28(35)39)19-31-14-16-34(17-15-31)29(40)33-12-8-21(9-13-33)32-10-2-1-3-11-32;20-18(24)16-17(22-23-12-4-11-21-19(16)23)13-7-9-15(10-8-13)25-14-5-2-1-3-6-14/h4-5,18,21,24H,1-3,6-17,19H2,(H,30,36,37);1-3,5-10,21H,4,11-12H2,(H2,20,24). The van der Waals surface area contributed by atoms with Crippen molar-refractivity contribution in [1.82, 2.24) is 39.6 Å². The average molecular weight is 885 g/mol. The molecule has 3 aromatic carbocycles. The number of benzene rings is 3. The number of aryl methyl sites for hydroxylation is 1. The number of aromatic nitrogens is 2. The van der Waals surface area contributed by atoms with E-state index in [1.54, 1.807) is 12.1 Å². The number of urea groups is 1. The number of para-hydroxylation sites is 1. The van der Waals surface area contributed by atoms with Crippen LogP contribution in [0.25, 0.3) is 11.3 Å². The zero-order valence-electron chi connectivity index (χ0n) is 36.6. The lowest BCUT2D eigenvalue weighted by molar-refractivity contribution is -0.136. The fourth-order valence-electron chi connectivity index (χ4n) is 9.86. The van der Waals surface area contributed by atoms with Crippen LogP contribution in [0.1, 0.15) is 88.0 Å². The summed E-state index contributed by atoms with van der Waals surface area (Å²) in [6.07, 6.45) is 7.26. The Labute approximate surface area is 377 Å². The molecular weight excluding hydrogens is 829 g/mol. The number of nitrogens with zero attached hydrogens (tertiary/aromatic N) is 7. The normalized spacial score (nSPS) is 20.6. The fourth-order valence-corrected chi connectivity index (χ4v) is 9.86. The Morgan fingerprint density at radius 2 is 1.42 bits per heavy atom. The van der Waals surface area contributed by atoms with Crippen molar-refractivity contribution < 1.29 is 33.5 Å². The maximum Gasteiger partial charge on any atom is 0.320 e. The molecule has 0 spiro atoms. The zero-order valence-corrected chi connectivity index (χ0v) is 36.6. The van der Waals surface area contributed by atoms with Crippen LogP contribution >= 0.6 is 0 Å². The predicted molar refractivity (Wildman–Crippen MR) is 241 cm³/mol. The first-order chi connectivity index (χ1) is 31.6. The molecule has 65 heavy (non-hydrogen) atoms.